The van der Waals surface area contributed by atoms with E-state index in [2.05, 4.69) is 19.2 Å². The molecule has 2 aromatic rings. The van der Waals surface area contributed by atoms with Crippen molar-refractivity contribution < 1.29 is 9.59 Å². The molecule has 0 unspecified atom stereocenters. The Morgan fingerprint density at radius 3 is 2.21 bits per heavy atom. The second kappa shape index (κ2) is 9.55. The summed E-state index contributed by atoms with van der Waals surface area (Å²) in [6.07, 6.45) is 0. The van der Waals surface area contributed by atoms with Gasteiger partial charge in [-0.25, -0.2) is 4.79 Å². The lowest BCUT2D eigenvalue weighted by Crippen LogP contribution is -2.51. The summed E-state index contributed by atoms with van der Waals surface area (Å²) < 4.78 is 0. The second-order valence-corrected chi connectivity index (χ2v) is 9.42. The van der Waals surface area contributed by atoms with E-state index in [-0.39, 0.29) is 11.9 Å². The number of urea groups is 1. The first-order chi connectivity index (χ1) is 13.8. The molecule has 1 saturated heterocycles. The van der Waals surface area contributed by atoms with Crippen molar-refractivity contribution in [2.75, 3.05) is 31.5 Å². The van der Waals surface area contributed by atoms with Gasteiger partial charge in [0.05, 0.1) is 0 Å². The summed E-state index contributed by atoms with van der Waals surface area (Å²) >= 11 is 7.90. The van der Waals surface area contributed by atoms with Crippen LogP contribution in [-0.2, 0) is 0 Å². The fourth-order valence-corrected chi connectivity index (χ4v) is 4.13. The van der Waals surface area contributed by atoms with E-state index >= 15 is 0 Å². The van der Waals surface area contributed by atoms with Crippen molar-refractivity contribution in [3.05, 3.63) is 58.6 Å². The first-order valence-corrected chi connectivity index (χ1v) is 11.0. The highest BCUT2D eigenvalue weighted by molar-refractivity contribution is 7.99. The molecule has 3 rings (SSSR count). The maximum atomic E-state index is 12.8. The highest BCUT2D eigenvalue weighted by Crippen LogP contribution is 2.24. The van der Waals surface area contributed by atoms with Gasteiger partial charge in [0, 0.05) is 52.6 Å². The number of aryl methyl sites for hydroxylation is 1. The number of hydrogen-bond donors (Lipinski definition) is 1. The molecular formula is C22H26ClN3O2S. The predicted octanol–water partition coefficient (Wildman–Crippen LogP) is 5.14. The van der Waals surface area contributed by atoms with Crippen molar-refractivity contribution in [3.63, 3.8) is 0 Å². The van der Waals surface area contributed by atoms with Gasteiger partial charge in [-0.3, -0.25) is 4.79 Å². The molecule has 0 bridgehead atoms. The zero-order valence-electron chi connectivity index (χ0n) is 16.9. The smallest absolute Gasteiger partial charge is 0.321 e. The third-order valence-electron chi connectivity index (χ3n) is 4.75. The van der Waals surface area contributed by atoms with Gasteiger partial charge in [0.15, 0.2) is 0 Å². The van der Waals surface area contributed by atoms with Gasteiger partial charge in [-0.1, -0.05) is 31.5 Å². The lowest BCUT2D eigenvalue weighted by atomic mass is 10.2. The number of thioether (sulfide) groups is 1. The summed E-state index contributed by atoms with van der Waals surface area (Å²) in [4.78, 5) is 29.9. The molecule has 1 heterocycles. The SMILES string of the molecule is Cc1ccc(NC(=O)N2CCN(C(=O)c3ccc(SC(C)C)cc3)CC2)cc1Cl. The topological polar surface area (TPSA) is 52.7 Å². The number of amides is 3. The molecule has 0 aromatic heterocycles. The Kier molecular flexibility index (Phi) is 7.09. The van der Waals surface area contributed by atoms with Gasteiger partial charge in [0.2, 0.25) is 0 Å². The summed E-state index contributed by atoms with van der Waals surface area (Å²) in [5, 5.41) is 4.00. The molecule has 0 aliphatic carbocycles. The highest BCUT2D eigenvalue weighted by atomic mass is 35.5. The quantitative estimate of drug-likeness (QED) is 0.682. The van der Waals surface area contributed by atoms with Crippen LogP contribution >= 0.6 is 23.4 Å². The minimum atomic E-state index is -0.174. The highest BCUT2D eigenvalue weighted by Gasteiger charge is 2.25. The molecular weight excluding hydrogens is 406 g/mol. The van der Waals surface area contributed by atoms with Crippen LogP contribution in [0.15, 0.2) is 47.4 Å². The molecule has 0 atom stereocenters. The molecule has 2 aromatic carbocycles. The zero-order chi connectivity index (χ0) is 21.0. The predicted molar refractivity (Wildman–Crippen MR) is 120 cm³/mol. The van der Waals surface area contributed by atoms with Crippen LogP contribution < -0.4 is 5.32 Å². The van der Waals surface area contributed by atoms with Crippen LogP contribution in [0.4, 0.5) is 10.5 Å². The van der Waals surface area contributed by atoms with Crippen LogP contribution in [0.1, 0.15) is 29.8 Å². The van der Waals surface area contributed by atoms with Crippen molar-refractivity contribution in [1.82, 2.24) is 9.80 Å². The Morgan fingerprint density at radius 1 is 1.00 bits per heavy atom. The largest absolute Gasteiger partial charge is 0.335 e. The van der Waals surface area contributed by atoms with Crippen LogP contribution in [0.2, 0.25) is 5.02 Å². The third-order valence-corrected chi connectivity index (χ3v) is 6.17. The lowest BCUT2D eigenvalue weighted by Gasteiger charge is -2.34. The van der Waals surface area contributed by atoms with Gasteiger partial charge in [-0.2, -0.15) is 0 Å². The van der Waals surface area contributed by atoms with Crippen LogP contribution in [0.5, 0.6) is 0 Å². The fraction of sp³-hybridized carbons (Fsp3) is 0.364. The average Bonchev–Trinajstić information content (AvgIpc) is 2.70. The van der Waals surface area contributed by atoms with Crippen molar-refractivity contribution in [2.24, 2.45) is 0 Å². The number of piperazine rings is 1. The number of nitrogens with zero attached hydrogens (tertiary/aromatic N) is 2. The van der Waals surface area contributed by atoms with Crippen molar-refractivity contribution in [2.45, 2.75) is 30.9 Å². The van der Waals surface area contributed by atoms with E-state index < -0.39 is 0 Å². The van der Waals surface area contributed by atoms with Gasteiger partial charge in [-0.05, 0) is 48.9 Å². The summed E-state index contributed by atoms with van der Waals surface area (Å²) in [5.74, 6) is 0.0106. The molecule has 0 saturated carbocycles. The number of halogens is 1. The Hall–Kier alpha value is -2.18. The number of anilines is 1. The minimum absolute atomic E-state index is 0.0106. The molecule has 1 N–H and O–H groups in total. The molecule has 7 heteroatoms. The van der Waals surface area contributed by atoms with E-state index in [0.29, 0.717) is 47.7 Å². The third kappa shape index (κ3) is 5.67. The number of rotatable bonds is 4. The second-order valence-electron chi connectivity index (χ2n) is 7.36. The van der Waals surface area contributed by atoms with E-state index in [1.165, 1.54) is 0 Å². The van der Waals surface area contributed by atoms with Gasteiger partial charge in [0.25, 0.3) is 5.91 Å². The van der Waals surface area contributed by atoms with Crippen LogP contribution in [0, 0.1) is 6.92 Å². The molecule has 0 radical (unpaired) electrons. The van der Waals surface area contributed by atoms with Crippen molar-refractivity contribution >= 4 is 41.0 Å². The average molecular weight is 432 g/mol. The molecule has 3 amide bonds. The standard InChI is InChI=1S/C22H26ClN3O2S/c1-15(2)29-19-8-5-17(6-9-19)21(27)25-10-12-26(13-11-25)22(28)24-18-7-4-16(3)20(23)14-18/h4-9,14-15H,10-13H2,1-3H3,(H,24,28). The van der Waals surface area contributed by atoms with E-state index in [1.807, 2.05) is 43.3 Å². The van der Waals surface area contributed by atoms with E-state index in [0.717, 1.165) is 10.5 Å². The van der Waals surface area contributed by atoms with Gasteiger partial charge in [0.1, 0.15) is 0 Å². The summed E-state index contributed by atoms with van der Waals surface area (Å²) in [7, 11) is 0. The Bertz CT molecular complexity index is 878. The molecule has 1 aliphatic rings. The maximum absolute atomic E-state index is 12.8. The molecule has 154 valence electrons. The molecule has 1 fully saturated rings. The van der Waals surface area contributed by atoms with E-state index in [4.69, 9.17) is 11.6 Å². The molecule has 0 spiro atoms. The fourth-order valence-electron chi connectivity index (χ4n) is 3.12. The van der Waals surface area contributed by atoms with Gasteiger partial charge >= 0.3 is 6.03 Å². The first-order valence-electron chi connectivity index (χ1n) is 9.71. The Labute approximate surface area is 181 Å². The molecule has 29 heavy (non-hydrogen) atoms. The number of nitrogens with one attached hydrogen (secondary N) is 1. The number of carbonyl (C=O) groups excluding carboxylic acids is 2. The number of carbonyl (C=O) groups is 2. The van der Waals surface area contributed by atoms with Crippen LogP contribution in [0.25, 0.3) is 0 Å². The lowest BCUT2D eigenvalue weighted by molar-refractivity contribution is 0.0671. The first kappa shape index (κ1) is 21.5. The van der Waals surface area contributed by atoms with Crippen molar-refractivity contribution in [3.8, 4) is 0 Å². The molecule has 5 nitrogen and oxygen atoms in total. The van der Waals surface area contributed by atoms with Gasteiger partial charge in [-0.15, -0.1) is 11.8 Å². The van der Waals surface area contributed by atoms with E-state index in [1.54, 1.807) is 27.6 Å². The molecule has 1 aliphatic heterocycles. The Balaban J connectivity index is 1.53. The maximum Gasteiger partial charge on any atom is 0.321 e. The van der Waals surface area contributed by atoms with Crippen LogP contribution in [0.3, 0.4) is 0 Å². The number of hydrogen-bond acceptors (Lipinski definition) is 3. The zero-order valence-corrected chi connectivity index (χ0v) is 18.5. The van der Waals surface area contributed by atoms with E-state index in [9.17, 15) is 9.59 Å². The Morgan fingerprint density at radius 2 is 1.62 bits per heavy atom. The van der Waals surface area contributed by atoms with Gasteiger partial charge < -0.3 is 15.1 Å². The summed E-state index contributed by atoms with van der Waals surface area (Å²) in [6.45, 7) is 8.24. The number of benzene rings is 2. The van der Waals surface area contributed by atoms with Crippen molar-refractivity contribution in [1.29, 1.82) is 0 Å². The summed E-state index contributed by atoms with van der Waals surface area (Å²) in [6, 6.07) is 13.0. The monoisotopic (exact) mass is 431 g/mol. The normalized spacial score (nSPS) is 14.2. The van der Waals surface area contributed by atoms with Crippen LogP contribution in [-0.4, -0.2) is 53.2 Å². The minimum Gasteiger partial charge on any atom is -0.335 e. The summed E-state index contributed by atoms with van der Waals surface area (Å²) in [5.41, 5.74) is 2.32.